The van der Waals surface area contributed by atoms with Gasteiger partial charge in [-0.25, -0.2) is 9.78 Å². The first kappa shape index (κ1) is 14.1. The normalized spacial score (nSPS) is 10.9. The third-order valence-corrected chi connectivity index (χ3v) is 2.85. The minimum atomic E-state index is -1.04. The molecule has 1 aromatic carbocycles. The zero-order valence-corrected chi connectivity index (χ0v) is 11.4. The summed E-state index contributed by atoms with van der Waals surface area (Å²) in [6.45, 7) is 0.189. The summed E-state index contributed by atoms with van der Waals surface area (Å²) in [4.78, 5) is 14.6. The molecule has 0 saturated heterocycles. The van der Waals surface area contributed by atoms with E-state index < -0.39 is 5.97 Å². The molecule has 0 spiro atoms. The van der Waals surface area contributed by atoms with Crippen LogP contribution in [-0.2, 0) is 18.4 Å². The predicted octanol–water partition coefficient (Wildman–Crippen LogP) is 2.15. The van der Waals surface area contributed by atoms with Crippen LogP contribution >= 0.6 is 11.6 Å². The average Bonchev–Trinajstić information content (AvgIpc) is 2.81. The standard InChI is InChI=1S/C13H12ClN3O3/c1-17-11(15-8-16-17)7-20-13-9(5-6-12(18)19)3-2-4-10(13)14/h2-6,8H,7H2,1H3,(H,18,19)/b6-5+. The van der Waals surface area contributed by atoms with Crippen molar-refractivity contribution in [2.45, 2.75) is 6.61 Å². The van der Waals surface area contributed by atoms with Gasteiger partial charge in [-0.2, -0.15) is 5.10 Å². The number of aryl methyl sites for hydroxylation is 1. The average molecular weight is 294 g/mol. The summed E-state index contributed by atoms with van der Waals surface area (Å²) in [6, 6.07) is 5.11. The van der Waals surface area contributed by atoms with Crippen LogP contribution in [0.2, 0.25) is 5.02 Å². The largest absolute Gasteiger partial charge is 0.483 e. The number of carbonyl (C=O) groups is 1. The van der Waals surface area contributed by atoms with Crippen molar-refractivity contribution in [2.24, 2.45) is 7.05 Å². The smallest absolute Gasteiger partial charge is 0.328 e. The summed E-state index contributed by atoms with van der Waals surface area (Å²) < 4.78 is 7.21. The van der Waals surface area contributed by atoms with Crippen LogP contribution in [0.1, 0.15) is 11.4 Å². The highest BCUT2D eigenvalue weighted by Crippen LogP contribution is 2.30. The minimum absolute atomic E-state index is 0.189. The number of ether oxygens (including phenoxy) is 1. The van der Waals surface area contributed by atoms with Gasteiger partial charge in [0, 0.05) is 18.7 Å². The van der Waals surface area contributed by atoms with Gasteiger partial charge in [0.25, 0.3) is 0 Å². The Morgan fingerprint density at radius 3 is 3.00 bits per heavy atom. The molecule has 2 aromatic rings. The van der Waals surface area contributed by atoms with Gasteiger partial charge in [-0.3, -0.25) is 4.68 Å². The summed E-state index contributed by atoms with van der Waals surface area (Å²) in [5, 5.41) is 13.0. The van der Waals surface area contributed by atoms with E-state index in [4.69, 9.17) is 21.4 Å². The number of halogens is 1. The first-order valence-corrected chi connectivity index (χ1v) is 6.11. The fraction of sp³-hybridized carbons (Fsp3) is 0.154. The second kappa shape index (κ2) is 6.21. The maximum atomic E-state index is 10.6. The highest BCUT2D eigenvalue weighted by Gasteiger charge is 2.09. The third-order valence-electron chi connectivity index (χ3n) is 2.55. The number of carboxylic acids is 1. The van der Waals surface area contributed by atoms with E-state index in [9.17, 15) is 4.79 Å². The Hall–Kier alpha value is -2.34. The molecule has 1 aromatic heterocycles. The Labute approximate surface area is 120 Å². The van der Waals surface area contributed by atoms with E-state index in [1.54, 1.807) is 29.9 Å². The molecule has 7 heteroatoms. The molecule has 0 aliphatic rings. The van der Waals surface area contributed by atoms with Gasteiger partial charge >= 0.3 is 5.97 Å². The van der Waals surface area contributed by atoms with Gasteiger partial charge in [-0.05, 0) is 12.1 Å². The number of aromatic nitrogens is 3. The van der Waals surface area contributed by atoms with Gasteiger partial charge in [0.05, 0.1) is 5.02 Å². The molecule has 0 radical (unpaired) electrons. The Kier molecular flexibility index (Phi) is 4.37. The van der Waals surface area contributed by atoms with Crippen LogP contribution < -0.4 is 4.74 Å². The van der Waals surface area contributed by atoms with Crippen molar-refractivity contribution >= 4 is 23.6 Å². The molecule has 1 heterocycles. The highest BCUT2D eigenvalue weighted by molar-refractivity contribution is 6.32. The van der Waals surface area contributed by atoms with E-state index in [0.29, 0.717) is 22.2 Å². The molecule has 0 amide bonds. The third kappa shape index (κ3) is 3.36. The molecule has 20 heavy (non-hydrogen) atoms. The van der Waals surface area contributed by atoms with Crippen LogP contribution in [0.4, 0.5) is 0 Å². The molecule has 6 nitrogen and oxygen atoms in total. The van der Waals surface area contributed by atoms with Crippen LogP contribution in [0, 0.1) is 0 Å². The Morgan fingerprint density at radius 1 is 1.55 bits per heavy atom. The van der Waals surface area contributed by atoms with E-state index in [2.05, 4.69) is 10.1 Å². The first-order valence-electron chi connectivity index (χ1n) is 5.73. The number of aliphatic carboxylic acids is 1. The lowest BCUT2D eigenvalue weighted by Crippen LogP contribution is -2.05. The van der Waals surface area contributed by atoms with Crippen LogP contribution in [0.15, 0.2) is 30.6 Å². The van der Waals surface area contributed by atoms with E-state index >= 15 is 0 Å². The molecule has 0 saturated carbocycles. The van der Waals surface area contributed by atoms with Crippen molar-refractivity contribution in [3.05, 3.63) is 47.0 Å². The van der Waals surface area contributed by atoms with Crippen LogP contribution in [-0.4, -0.2) is 25.8 Å². The number of benzene rings is 1. The quantitative estimate of drug-likeness (QED) is 0.855. The Balaban J connectivity index is 2.22. The lowest BCUT2D eigenvalue weighted by Gasteiger charge is -2.10. The summed E-state index contributed by atoms with van der Waals surface area (Å²) >= 11 is 6.08. The Bertz CT molecular complexity index is 652. The van der Waals surface area contributed by atoms with Crippen LogP contribution in [0.25, 0.3) is 6.08 Å². The molecule has 0 atom stereocenters. The summed E-state index contributed by atoms with van der Waals surface area (Å²) in [5.41, 5.74) is 0.585. The number of para-hydroxylation sites is 1. The molecular formula is C13H12ClN3O3. The summed E-state index contributed by atoms with van der Waals surface area (Å²) in [6.07, 6.45) is 3.89. The second-order valence-electron chi connectivity index (χ2n) is 3.92. The van der Waals surface area contributed by atoms with Crippen molar-refractivity contribution in [3.63, 3.8) is 0 Å². The van der Waals surface area contributed by atoms with E-state index in [1.807, 2.05) is 0 Å². The minimum Gasteiger partial charge on any atom is -0.483 e. The lowest BCUT2D eigenvalue weighted by atomic mass is 10.2. The van der Waals surface area contributed by atoms with Crippen molar-refractivity contribution in [3.8, 4) is 5.75 Å². The lowest BCUT2D eigenvalue weighted by molar-refractivity contribution is -0.131. The molecule has 104 valence electrons. The maximum Gasteiger partial charge on any atom is 0.328 e. The van der Waals surface area contributed by atoms with Crippen molar-refractivity contribution in [1.29, 1.82) is 0 Å². The molecule has 0 aliphatic heterocycles. The number of hydrogen-bond donors (Lipinski definition) is 1. The zero-order valence-electron chi connectivity index (χ0n) is 10.7. The van der Waals surface area contributed by atoms with Gasteiger partial charge < -0.3 is 9.84 Å². The van der Waals surface area contributed by atoms with Crippen LogP contribution in [0.5, 0.6) is 5.75 Å². The highest BCUT2D eigenvalue weighted by atomic mass is 35.5. The molecule has 2 rings (SSSR count). The number of rotatable bonds is 5. The molecule has 0 fully saturated rings. The second-order valence-corrected chi connectivity index (χ2v) is 4.33. The van der Waals surface area contributed by atoms with E-state index in [0.717, 1.165) is 6.08 Å². The van der Waals surface area contributed by atoms with E-state index in [1.165, 1.54) is 12.4 Å². The van der Waals surface area contributed by atoms with Gasteiger partial charge in [0.15, 0.2) is 5.82 Å². The number of carboxylic acid groups (broad SMARTS) is 1. The van der Waals surface area contributed by atoms with Gasteiger partial charge in [0.2, 0.25) is 0 Å². The van der Waals surface area contributed by atoms with Crippen LogP contribution in [0.3, 0.4) is 0 Å². The number of nitrogens with zero attached hydrogens (tertiary/aromatic N) is 3. The summed E-state index contributed by atoms with van der Waals surface area (Å²) in [5.74, 6) is 0.0111. The van der Waals surface area contributed by atoms with Gasteiger partial charge in [-0.15, -0.1) is 0 Å². The van der Waals surface area contributed by atoms with E-state index in [-0.39, 0.29) is 6.61 Å². The predicted molar refractivity (Wildman–Crippen MR) is 73.5 cm³/mol. The SMILES string of the molecule is Cn1ncnc1COc1c(Cl)cccc1/C=C/C(=O)O. The summed E-state index contributed by atoms with van der Waals surface area (Å²) in [7, 11) is 1.75. The number of hydrogen-bond acceptors (Lipinski definition) is 4. The topological polar surface area (TPSA) is 77.2 Å². The molecule has 0 unspecified atom stereocenters. The molecule has 0 bridgehead atoms. The molecule has 1 N–H and O–H groups in total. The van der Waals surface area contributed by atoms with Crippen molar-refractivity contribution in [2.75, 3.05) is 0 Å². The molecule has 0 aliphatic carbocycles. The van der Waals surface area contributed by atoms with Gasteiger partial charge in [0.1, 0.15) is 18.7 Å². The monoisotopic (exact) mass is 293 g/mol. The fourth-order valence-corrected chi connectivity index (χ4v) is 1.79. The van der Waals surface area contributed by atoms with Crippen molar-refractivity contribution < 1.29 is 14.6 Å². The zero-order chi connectivity index (χ0) is 14.5. The maximum absolute atomic E-state index is 10.6. The fourth-order valence-electron chi connectivity index (χ4n) is 1.56. The first-order chi connectivity index (χ1) is 9.58. The molecular weight excluding hydrogens is 282 g/mol. The van der Waals surface area contributed by atoms with Gasteiger partial charge in [-0.1, -0.05) is 23.7 Å². The Morgan fingerprint density at radius 2 is 2.35 bits per heavy atom. The van der Waals surface area contributed by atoms with Crippen molar-refractivity contribution in [1.82, 2.24) is 14.8 Å².